The SMILES string of the molecule is Cc1cc(N2CCCOC[C@H]2c2ccc(C3CCN(C4COC4)CC3)cc2Cl)nc(N)n1. The Bertz CT molecular complexity index is 926. The van der Waals surface area contributed by atoms with Crippen LogP contribution in [0.15, 0.2) is 24.3 Å². The quantitative estimate of drug-likeness (QED) is 0.752. The summed E-state index contributed by atoms with van der Waals surface area (Å²) in [5.41, 5.74) is 9.22. The molecule has 0 unspecified atom stereocenters. The lowest BCUT2D eigenvalue weighted by molar-refractivity contribution is -0.0712. The van der Waals surface area contributed by atoms with Crippen LogP contribution in [0.3, 0.4) is 0 Å². The van der Waals surface area contributed by atoms with Gasteiger partial charge in [0.2, 0.25) is 5.95 Å². The number of anilines is 2. The average Bonchev–Trinajstić information content (AvgIpc) is 2.98. The van der Waals surface area contributed by atoms with Crippen molar-refractivity contribution >= 4 is 23.4 Å². The number of halogens is 1. The topological polar surface area (TPSA) is 76.7 Å². The Balaban J connectivity index is 1.35. The van der Waals surface area contributed by atoms with E-state index < -0.39 is 0 Å². The predicted octanol–water partition coefficient (Wildman–Crippen LogP) is 3.57. The van der Waals surface area contributed by atoms with Crippen molar-refractivity contribution in [2.75, 3.05) is 56.7 Å². The zero-order valence-electron chi connectivity index (χ0n) is 18.7. The second-order valence-electron chi connectivity index (χ2n) is 9.15. The van der Waals surface area contributed by atoms with Crippen molar-refractivity contribution in [3.63, 3.8) is 0 Å². The van der Waals surface area contributed by atoms with Gasteiger partial charge in [-0.1, -0.05) is 23.7 Å². The maximum atomic E-state index is 6.89. The van der Waals surface area contributed by atoms with Crippen LogP contribution >= 0.6 is 11.6 Å². The fourth-order valence-corrected chi connectivity index (χ4v) is 5.45. The van der Waals surface area contributed by atoms with E-state index in [1.165, 1.54) is 18.4 Å². The van der Waals surface area contributed by atoms with Gasteiger partial charge in [-0.25, -0.2) is 4.98 Å². The molecule has 3 aliphatic heterocycles. The zero-order valence-corrected chi connectivity index (χ0v) is 19.4. The van der Waals surface area contributed by atoms with E-state index in [4.69, 9.17) is 26.8 Å². The monoisotopic (exact) mass is 457 g/mol. The maximum Gasteiger partial charge on any atom is 0.222 e. The molecule has 1 atom stereocenters. The summed E-state index contributed by atoms with van der Waals surface area (Å²) in [6, 6.07) is 9.23. The maximum absolute atomic E-state index is 6.89. The van der Waals surface area contributed by atoms with E-state index in [2.05, 4.69) is 38.0 Å². The first kappa shape index (κ1) is 21.9. The van der Waals surface area contributed by atoms with Crippen molar-refractivity contribution in [1.82, 2.24) is 14.9 Å². The molecule has 3 aliphatic rings. The highest BCUT2D eigenvalue weighted by molar-refractivity contribution is 6.31. The molecule has 7 nitrogen and oxygen atoms in total. The highest BCUT2D eigenvalue weighted by Gasteiger charge is 2.31. The molecule has 0 spiro atoms. The minimum Gasteiger partial charge on any atom is -0.379 e. The third-order valence-electron chi connectivity index (χ3n) is 7.01. The Labute approximate surface area is 194 Å². The minimum atomic E-state index is -0.00628. The fraction of sp³-hybridized carbons (Fsp3) is 0.583. The number of rotatable bonds is 4. The molecule has 0 radical (unpaired) electrons. The van der Waals surface area contributed by atoms with E-state index in [-0.39, 0.29) is 6.04 Å². The number of likely N-dealkylation sites (tertiary alicyclic amines) is 1. The van der Waals surface area contributed by atoms with Gasteiger partial charge in [-0.05, 0) is 62.4 Å². The number of aromatic nitrogens is 2. The van der Waals surface area contributed by atoms with Crippen LogP contribution in [0, 0.1) is 6.92 Å². The van der Waals surface area contributed by atoms with Gasteiger partial charge in [-0.15, -0.1) is 0 Å². The number of benzene rings is 1. The highest BCUT2D eigenvalue weighted by Crippen LogP contribution is 2.37. The smallest absolute Gasteiger partial charge is 0.222 e. The van der Waals surface area contributed by atoms with Crippen molar-refractivity contribution in [3.05, 3.63) is 46.1 Å². The molecule has 5 rings (SSSR count). The number of nitrogens with zero attached hydrogens (tertiary/aromatic N) is 4. The van der Waals surface area contributed by atoms with Crippen molar-refractivity contribution in [3.8, 4) is 0 Å². The summed E-state index contributed by atoms with van der Waals surface area (Å²) >= 11 is 6.89. The molecule has 172 valence electrons. The average molecular weight is 458 g/mol. The van der Waals surface area contributed by atoms with Crippen molar-refractivity contribution in [2.24, 2.45) is 0 Å². The van der Waals surface area contributed by atoms with Gasteiger partial charge in [0.15, 0.2) is 0 Å². The van der Waals surface area contributed by atoms with Gasteiger partial charge in [-0.2, -0.15) is 4.98 Å². The van der Waals surface area contributed by atoms with Crippen LogP contribution in [0.5, 0.6) is 0 Å². The summed E-state index contributed by atoms with van der Waals surface area (Å²) in [6.07, 6.45) is 3.27. The second kappa shape index (κ2) is 9.51. The number of nitrogens with two attached hydrogens (primary N) is 1. The Morgan fingerprint density at radius 2 is 1.84 bits per heavy atom. The lowest BCUT2D eigenvalue weighted by Gasteiger charge is -2.41. The third kappa shape index (κ3) is 4.57. The first-order chi connectivity index (χ1) is 15.6. The van der Waals surface area contributed by atoms with E-state index in [1.807, 2.05) is 13.0 Å². The summed E-state index contributed by atoms with van der Waals surface area (Å²) in [5, 5.41) is 0.802. The van der Waals surface area contributed by atoms with Gasteiger partial charge in [-0.3, -0.25) is 4.90 Å². The largest absolute Gasteiger partial charge is 0.379 e. The van der Waals surface area contributed by atoms with Crippen molar-refractivity contribution in [1.29, 1.82) is 0 Å². The molecule has 0 amide bonds. The minimum absolute atomic E-state index is 0.00628. The van der Waals surface area contributed by atoms with Gasteiger partial charge >= 0.3 is 0 Å². The van der Waals surface area contributed by atoms with Crippen LogP contribution in [0.4, 0.5) is 11.8 Å². The molecule has 4 heterocycles. The molecule has 0 bridgehead atoms. The van der Waals surface area contributed by atoms with Gasteiger partial charge in [0, 0.05) is 29.9 Å². The Morgan fingerprint density at radius 1 is 1.03 bits per heavy atom. The fourth-order valence-electron chi connectivity index (χ4n) is 5.13. The molecule has 8 heteroatoms. The molecular formula is C24H32ClN5O2. The first-order valence-electron chi connectivity index (χ1n) is 11.6. The van der Waals surface area contributed by atoms with Crippen LogP contribution in [0.2, 0.25) is 5.02 Å². The normalized spacial score (nSPS) is 23.7. The number of aryl methyl sites for hydroxylation is 1. The molecule has 2 aromatic rings. The number of hydrogen-bond donors (Lipinski definition) is 1. The molecular weight excluding hydrogens is 426 g/mol. The van der Waals surface area contributed by atoms with Crippen LogP contribution in [-0.4, -0.2) is 67.0 Å². The molecule has 3 fully saturated rings. The van der Waals surface area contributed by atoms with Gasteiger partial charge in [0.1, 0.15) is 5.82 Å². The molecule has 3 saturated heterocycles. The number of piperidine rings is 1. The number of ether oxygens (including phenoxy) is 2. The zero-order chi connectivity index (χ0) is 22.1. The number of nitrogen functional groups attached to an aromatic ring is 1. The predicted molar refractivity (Wildman–Crippen MR) is 126 cm³/mol. The molecule has 2 N–H and O–H groups in total. The summed E-state index contributed by atoms with van der Waals surface area (Å²) < 4.78 is 11.3. The highest BCUT2D eigenvalue weighted by atomic mass is 35.5. The van der Waals surface area contributed by atoms with Crippen molar-refractivity contribution < 1.29 is 9.47 Å². The Kier molecular flexibility index (Phi) is 6.51. The van der Waals surface area contributed by atoms with Crippen LogP contribution < -0.4 is 10.6 Å². The third-order valence-corrected chi connectivity index (χ3v) is 7.34. The summed E-state index contributed by atoms with van der Waals surface area (Å²) in [5.74, 6) is 1.69. The van der Waals surface area contributed by atoms with Crippen LogP contribution in [0.1, 0.15) is 48.0 Å². The van der Waals surface area contributed by atoms with Crippen molar-refractivity contribution in [2.45, 2.75) is 44.2 Å². The summed E-state index contributed by atoms with van der Waals surface area (Å²) in [7, 11) is 0. The Hall–Kier alpha value is -1.93. The van der Waals surface area contributed by atoms with Gasteiger partial charge < -0.3 is 20.1 Å². The van der Waals surface area contributed by atoms with Gasteiger partial charge in [0.05, 0.1) is 31.9 Å². The standard InChI is InChI=1S/C24H32ClN5O2/c1-16-11-23(28-24(26)27-16)30-7-2-10-31-15-22(30)20-4-3-18(12-21(20)25)17-5-8-29(9-6-17)19-13-32-14-19/h3-4,11-12,17,19,22H,2,5-10,13-15H2,1H3,(H2,26,27,28)/t22-/m0/s1. The van der Waals surface area contributed by atoms with Gasteiger partial charge in [0.25, 0.3) is 0 Å². The van der Waals surface area contributed by atoms with E-state index in [9.17, 15) is 0 Å². The molecule has 1 aromatic carbocycles. The van der Waals surface area contributed by atoms with E-state index in [0.29, 0.717) is 24.5 Å². The van der Waals surface area contributed by atoms with E-state index >= 15 is 0 Å². The molecule has 32 heavy (non-hydrogen) atoms. The lowest BCUT2D eigenvalue weighted by Crippen LogP contribution is -2.51. The van der Waals surface area contributed by atoms with E-state index in [1.54, 1.807) is 0 Å². The first-order valence-corrected chi connectivity index (χ1v) is 12.0. The molecule has 0 saturated carbocycles. The Morgan fingerprint density at radius 3 is 2.53 bits per heavy atom. The summed E-state index contributed by atoms with van der Waals surface area (Å²) in [6.45, 7) is 8.13. The van der Waals surface area contributed by atoms with Crippen LogP contribution in [0.25, 0.3) is 0 Å². The number of hydrogen-bond acceptors (Lipinski definition) is 7. The summed E-state index contributed by atoms with van der Waals surface area (Å²) in [4.78, 5) is 13.6. The lowest BCUT2D eigenvalue weighted by atomic mass is 9.87. The van der Waals surface area contributed by atoms with Crippen LogP contribution in [-0.2, 0) is 9.47 Å². The molecule has 1 aromatic heterocycles. The van der Waals surface area contributed by atoms with E-state index in [0.717, 1.165) is 68.0 Å². The molecule has 0 aliphatic carbocycles. The second-order valence-corrected chi connectivity index (χ2v) is 9.55.